The van der Waals surface area contributed by atoms with E-state index in [4.69, 9.17) is 19.9 Å². The first-order valence-corrected chi connectivity index (χ1v) is 7.88. The van der Waals surface area contributed by atoms with Crippen LogP contribution in [0.25, 0.3) is 0 Å². The SMILES string of the molecule is CCC(C)(COC(C)(C)CN)OCCNC(=O)OC(C)(C)C. The number of hydrogen-bond donors (Lipinski definition) is 2. The minimum Gasteiger partial charge on any atom is -0.444 e. The van der Waals surface area contributed by atoms with Crippen LogP contribution in [0.1, 0.15) is 54.9 Å². The number of alkyl carbamates (subject to hydrolysis) is 1. The molecule has 0 aliphatic rings. The first-order chi connectivity index (χ1) is 9.93. The molecule has 0 rings (SSSR count). The van der Waals surface area contributed by atoms with Crippen LogP contribution >= 0.6 is 0 Å². The molecule has 1 unspecified atom stereocenters. The third kappa shape index (κ3) is 9.97. The molecule has 3 N–H and O–H groups in total. The average molecular weight is 318 g/mol. The Bertz CT molecular complexity index is 340. The Hall–Kier alpha value is -0.850. The molecule has 6 nitrogen and oxygen atoms in total. The van der Waals surface area contributed by atoms with Crippen LogP contribution in [0.5, 0.6) is 0 Å². The van der Waals surface area contributed by atoms with Gasteiger partial charge in [-0.15, -0.1) is 0 Å². The van der Waals surface area contributed by atoms with Crippen molar-refractivity contribution in [2.24, 2.45) is 5.73 Å². The third-order valence-electron chi connectivity index (χ3n) is 3.23. The van der Waals surface area contributed by atoms with Crippen molar-refractivity contribution in [2.45, 2.75) is 71.7 Å². The maximum atomic E-state index is 11.5. The molecule has 0 aromatic heterocycles. The highest BCUT2D eigenvalue weighted by atomic mass is 16.6. The average Bonchev–Trinajstić information content (AvgIpc) is 2.40. The molecule has 0 heterocycles. The lowest BCUT2D eigenvalue weighted by atomic mass is 10.0. The fraction of sp³-hybridized carbons (Fsp3) is 0.938. The van der Waals surface area contributed by atoms with Gasteiger partial charge < -0.3 is 25.3 Å². The van der Waals surface area contributed by atoms with Gasteiger partial charge in [-0.25, -0.2) is 4.79 Å². The lowest BCUT2D eigenvalue weighted by Gasteiger charge is -2.33. The normalized spacial score (nSPS) is 15.3. The van der Waals surface area contributed by atoms with E-state index in [9.17, 15) is 4.79 Å². The molecular weight excluding hydrogens is 284 g/mol. The molecule has 22 heavy (non-hydrogen) atoms. The Morgan fingerprint density at radius 2 is 1.68 bits per heavy atom. The molecule has 0 saturated carbocycles. The summed E-state index contributed by atoms with van der Waals surface area (Å²) in [5, 5.41) is 2.67. The minimum absolute atomic E-state index is 0.367. The Morgan fingerprint density at radius 1 is 1.09 bits per heavy atom. The molecule has 0 bridgehead atoms. The van der Waals surface area contributed by atoms with Gasteiger partial charge in [0.15, 0.2) is 0 Å². The summed E-state index contributed by atoms with van der Waals surface area (Å²) in [6, 6.07) is 0. The number of carbonyl (C=O) groups is 1. The monoisotopic (exact) mass is 318 g/mol. The van der Waals surface area contributed by atoms with Gasteiger partial charge in [0.05, 0.1) is 24.4 Å². The van der Waals surface area contributed by atoms with Gasteiger partial charge in [0.2, 0.25) is 0 Å². The first kappa shape index (κ1) is 21.1. The fourth-order valence-electron chi connectivity index (χ4n) is 1.42. The molecule has 132 valence electrons. The fourth-order valence-corrected chi connectivity index (χ4v) is 1.42. The number of carbonyl (C=O) groups excluding carboxylic acids is 1. The first-order valence-electron chi connectivity index (χ1n) is 7.88. The predicted molar refractivity (Wildman–Crippen MR) is 88.0 cm³/mol. The van der Waals surface area contributed by atoms with E-state index in [1.807, 2.05) is 48.5 Å². The van der Waals surface area contributed by atoms with Crippen molar-refractivity contribution in [1.29, 1.82) is 0 Å². The van der Waals surface area contributed by atoms with Crippen molar-refractivity contribution in [1.82, 2.24) is 5.32 Å². The van der Waals surface area contributed by atoms with E-state index >= 15 is 0 Å². The summed E-state index contributed by atoms with van der Waals surface area (Å²) in [5.41, 5.74) is 4.39. The van der Waals surface area contributed by atoms with Crippen LogP contribution in [0.4, 0.5) is 4.79 Å². The standard InChI is InChI=1S/C16H34N2O4/c1-8-16(7,12-21-15(5,6)11-17)20-10-9-18-13(19)22-14(2,3)4/h8-12,17H2,1-7H3,(H,18,19). The minimum atomic E-state index is -0.496. The van der Waals surface area contributed by atoms with Gasteiger partial charge in [-0.2, -0.15) is 0 Å². The number of nitrogens with one attached hydrogen (secondary N) is 1. The third-order valence-corrected chi connectivity index (χ3v) is 3.23. The Kier molecular flexibility index (Phi) is 8.36. The van der Waals surface area contributed by atoms with Crippen LogP contribution in [0, 0.1) is 0 Å². The van der Waals surface area contributed by atoms with Crippen LogP contribution in [-0.2, 0) is 14.2 Å². The number of rotatable bonds is 9. The molecule has 0 radical (unpaired) electrons. The summed E-state index contributed by atoms with van der Waals surface area (Å²) in [4.78, 5) is 11.5. The molecule has 0 aromatic carbocycles. The van der Waals surface area contributed by atoms with Crippen LogP contribution in [0.15, 0.2) is 0 Å². The van der Waals surface area contributed by atoms with Gasteiger partial charge in [0.25, 0.3) is 0 Å². The predicted octanol–water partition coefficient (Wildman–Crippen LogP) is 2.45. The summed E-state index contributed by atoms with van der Waals surface area (Å²) >= 11 is 0. The lowest BCUT2D eigenvalue weighted by molar-refractivity contribution is -0.126. The summed E-state index contributed by atoms with van der Waals surface area (Å²) < 4.78 is 16.8. The maximum absolute atomic E-state index is 11.5. The van der Waals surface area contributed by atoms with Gasteiger partial charge in [-0.3, -0.25) is 0 Å². The highest BCUT2D eigenvalue weighted by Crippen LogP contribution is 2.19. The largest absolute Gasteiger partial charge is 0.444 e. The molecule has 1 amide bonds. The number of ether oxygens (including phenoxy) is 3. The van der Waals surface area contributed by atoms with Gasteiger partial charge in [0, 0.05) is 13.1 Å². The molecular formula is C16H34N2O4. The smallest absolute Gasteiger partial charge is 0.407 e. The van der Waals surface area contributed by atoms with Crippen molar-refractivity contribution < 1.29 is 19.0 Å². The number of nitrogens with two attached hydrogens (primary N) is 1. The molecule has 0 fully saturated rings. The zero-order chi connectivity index (χ0) is 17.4. The highest BCUT2D eigenvalue weighted by molar-refractivity contribution is 5.67. The highest BCUT2D eigenvalue weighted by Gasteiger charge is 2.27. The van der Waals surface area contributed by atoms with E-state index in [-0.39, 0.29) is 5.60 Å². The van der Waals surface area contributed by atoms with Gasteiger partial charge in [-0.1, -0.05) is 6.92 Å². The molecule has 1 atom stereocenters. The molecule has 0 spiro atoms. The number of amides is 1. The van der Waals surface area contributed by atoms with Crippen molar-refractivity contribution in [3.63, 3.8) is 0 Å². The maximum Gasteiger partial charge on any atom is 0.407 e. The van der Waals surface area contributed by atoms with Crippen molar-refractivity contribution in [3.05, 3.63) is 0 Å². The van der Waals surface area contributed by atoms with Crippen molar-refractivity contribution in [3.8, 4) is 0 Å². The van der Waals surface area contributed by atoms with E-state index in [0.717, 1.165) is 6.42 Å². The number of hydrogen-bond acceptors (Lipinski definition) is 5. The summed E-state index contributed by atoms with van der Waals surface area (Å²) in [6.45, 7) is 15.1. The van der Waals surface area contributed by atoms with E-state index in [1.165, 1.54) is 0 Å². The van der Waals surface area contributed by atoms with E-state index in [2.05, 4.69) is 5.32 Å². The van der Waals surface area contributed by atoms with Crippen LogP contribution in [-0.4, -0.2) is 49.2 Å². The summed E-state index contributed by atoms with van der Waals surface area (Å²) in [5.74, 6) is 0. The molecule has 0 aliphatic heterocycles. The van der Waals surface area contributed by atoms with Gasteiger partial charge >= 0.3 is 6.09 Å². The quantitative estimate of drug-likeness (QED) is 0.638. The summed E-state index contributed by atoms with van der Waals surface area (Å²) in [7, 11) is 0. The van der Waals surface area contributed by atoms with E-state index in [0.29, 0.717) is 26.3 Å². The second kappa shape index (κ2) is 8.70. The van der Waals surface area contributed by atoms with Gasteiger partial charge in [-0.05, 0) is 48.0 Å². The molecule has 0 aromatic rings. The molecule has 0 saturated heterocycles. The van der Waals surface area contributed by atoms with Crippen molar-refractivity contribution in [2.75, 3.05) is 26.3 Å². The van der Waals surface area contributed by atoms with Crippen LogP contribution in [0.3, 0.4) is 0 Å². The Morgan fingerprint density at radius 3 is 2.14 bits per heavy atom. The Labute approximate surface area is 135 Å². The second-order valence-corrected chi connectivity index (χ2v) is 7.33. The second-order valence-electron chi connectivity index (χ2n) is 7.33. The van der Waals surface area contributed by atoms with Crippen LogP contribution < -0.4 is 11.1 Å². The summed E-state index contributed by atoms with van der Waals surface area (Å²) in [6.07, 6.45) is 0.370. The zero-order valence-corrected chi connectivity index (χ0v) is 15.2. The van der Waals surface area contributed by atoms with Crippen LogP contribution in [0.2, 0.25) is 0 Å². The molecule has 6 heteroatoms. The zero-order valence-electron chi connectivity index (χ0n) is 15.2. The van der Waals surface area contributed by atoms with E-state index in [1.54, 1.807) is 0 Å². The van der Waals surface area contributed by atoms with Gasteiger partial charge in [0.1, 0.15) is 5.60 Å². The lowest BCUT2D eigenvalue weighted by Crippen LogP contribution is -2.43. The molecule has 0 aliphatic carbocycles. The van der Waals surface area contributed by atoms with Crippen molar-refractivity contribution >= 4 is 6.09 Å². The van der Waals surface area contributed by atoms with E-state index < -0.39 is 17.3 Å². The topological polar surface area (TPSA) is 82.8 Å². The Balaban J connectivity index is 4.11.